The Labute approximate surface area is 105 Å². The summed E-state index contributed by atoms with van der Waals surface area (Å²) < 4.78 is 0. The first-order valence-electron chi connectivity index (χ1n) is 5.40. The number of nitrogens with zero attached hydrogens (tertiary/aromatic N) is 3. The molecule has 0 aliphatic carbocycles. The van der Waals surface area contributed by atoms with Gasteiger partial charge in [0.1, 0.15) is 5.82 Å². The van der Waals surface area contributed by atoms with Crippen LogP contribution in [0.25, 0.3) is 0 Å². The van der Waals surface area contributed by atoms with Crippen LogP contribution in [-0.4, -0.2) is 21.2 Å². The van der Waals surface area contributed by atoms with E-state index in [0.717, 1.165) is 6.42 Å². The third-order valence-corrected chi connectivity index (χ3v) is 2.47. The Kier molecular flexibility index (Phi) is 3.88. The summed E-state index contributed by atoms with van der Waals surface area (Å²) in [5, 5.41) is 10.7. The number of halogens is 1. The second kappa shape index (κ2) is 5.59. The molecule has 17 heavy (non-hydrogen) atoms. The van der Waals surface area contributed by atoms with Gasteiger partial charge in [-0.3, -0.25) is 0 Å². The molecule has 2 aromatic rings. The summed E-state index contributed by atoms with van der Waals surface area (Å²) >= 11 is 5.66. The summed E-state index contributed by atoms with van der Waals surface area (Å²) in [5.41, 5.74) is 1.28. The van der Waals surface area contributed by atoms with Crippen LogP contribution in [0.2, 0.25) is 5.28 Å². The van der Waals surface area contributed by atoms with Crippen LogP contribution < -0.4 is 5.32 Å². The molecule has 0 bridgehead atoms. The van der Waals surface area contributed by atoms with Gasteiger partial charge in [-0.05, 0) is 30.5 Å². The van der Waals surface area contributed by atoms with Gasteiger partial charge in [0.15, 0.2) is 0 Å². The Morgan fingerprint density at radius 3 is 2.76 bits per heavy atom. The molecule has 0 amide bonds. The lowest BCUT2D eigenvalue weighted by Gasteiger charge is -2.13. The zero-order valence-electron chi connectivity index (χ0n) is 9.47. The molecule has 2 rings (SSSR count). The van der Waals surface area contributed by atoms with E-state index in [1.54, 1.807) is 6.20 Å². The summed E-state index contributed by atoms with van der Waals surface area (Å²) in [6, 6.07) is 10.5. The van der Waals surface area contributed by atoms with Crippen molar-refractivity contribution in [2.45, 2.75) is 19.4 Å². The van der Waals surface area contributed by atoms with Crippen molar-refractivity contribution in [3.05, 3.63) is 47.4 Å². The van der Waals surface area contributed by atoms with E-state index in [-0.39, 0.29) is 11.3 Å². The second-order valence-corrected chi connectivity index (χ2v) is 4.18. The molecule has 0 radical (unpaired) electrons. The Balaban J connectivity index is 1.96. The monoisotopic (exact) mass is 248 g/mol. The molecule has 1 atom stereocenters. The molecule has 1 aromatic carbocycles. The van der Waals surface area contributed by atoms with Crippen molar-refractivity contribution >= 4 is 17.4 Å². The molecule has 0 spiro atoms. The number of nitrogens with one attached hydrogen (secondary N) is 1. The molecule has 1 unspecified atom stereocenters. The van der Waals surface area contributed by atoms with Crippen molar-refractivity contribution in [1.29, 1.82) is 0 Å². The Morgan fingerprint density at radius 1 is 1.29 bits per heavy atom. The van der Waals surface area contributed by atoms with E-state index in [0.29, 0.717) is 5.82 Å². The molecule has 0 aliphatic rings. The van der Waals surface area contributed by atoms with Crippen molar-refractivity contribution in [3.63, 3.8) is 0 Å². The summed E-state index contributed by atoms with van der Waals surface area (Å²) in [7, 11) is 0. The highest BCUT2D eigenvalue weighted by molar-refractivity contribution is 6.28. The molecule has 0 aliphatic heterocycles. The fourth-order valence-electron chi connectivity index (χ4n) is 1.62. The van der Waals surface area contributed by atoms with Crippen molar-refractivity contribution in [2.24, 2.45) is 0 Å². The molecule has 5 heteroatoms. The van der Waals surface area contributed by atoms with E-state index < -0.39 is 0 Å². The van der Waals surface area contributed by atoms with Crippen molar-refractivity contribution in [3.8, 4) is 0 Å². The van der Waals surface area contributed by atoms with Gasteiger partial charge in [0.25, 0.3) is 0 Å². The number of anilines is 1. The minimum atomic E-state index is 0.155. The zero-order chi connectivity index (χ0) is 12.1. The van der Waals surface area contributed by atoms with Gasteiger partial charge in [-0.25, -0.2) is 0 Å². The first-order valence-corrected chi connectivity index (χ1v) is 5.77. The van der Waals surface area contributed by atoms with E-state index in [4.69, 9.17) is 11.6 Å². The van der Waals surface area contributed by atoms with E-state index in [1.165, 1.54) is 5.56 Å². The molecule has 1 heterocycles. The maximum atomic E-state index is 5.66. The maximum Gasteiger partial charge on any atom is 0.244 e. The van der Waals surface area contributed by atoms with Crippen LogP contribution in [0.1, 0.15) is 12.5 Å². The number of aromatic nitrogens is 3. The quantitative estimate of drug-likeness (QED) is 0.904. The van der Waals surface area contributed by atoms with E-state index in [2.05, 4.69) is 39.6 Å². The molecule has 0 fully saturated rings. The molecule has 88 valence electrons. The van der Waals surface area contributed by atoms with Crippen LogP contribution in [0.15, 0.2) is 36.5 Å². The molecular formula is C12H13ClN4. The maximum absolute atomic E-state index is 5.66. The minimum Gasteiger partial charge on any atom is -0.366 e. The van der Waals surface area contributed by atoms with Gasteiger partial charge in [0.2, 0.25) is 5.28 Å². The largest absolute Gasteiger partial charge is 0.366 e. The zero-order valence-corrected chi connectivity index (χ0v) is 10.2. The standard InChI is InChI=1S/C12H13ClN4/c1-9(7-10-5-3-2-4-6-10)15-11-8-14-17-12(13)16-11/h2-6,8-9H,7H2,1H3,(H,15,16,17). The molecule has 4 nitrogen and oxygen atoms in total. The predicted molar refractivity (Wildman–Crippen MR) is 68.1 cm³/mol. The lowest BCUT2D eigenvalue weighted by molar-refractivity contribution is 0.779. The van der Waals surface area contributed by atoms with E-state index in [1.807, 2.05) is 18.2 Å². The summed E-state index contributed by atoms with van der Waals surface area (Å²) in [4.78, 5) is 4.04. The van der Waals surface area contributed by atoms with Crippen LogP contribution in [0.4, 0.5) is 5.82 Å². The summed E-state index contributed by atoms with van der Waals surface area (Å²) in [5.74, 6) is 0.647. The Hall–Kier alpha value is -1.68. The highest BCUT2D eigenvalue weighted by Gasteiger charge is 2.05. The second-order valence-electron chi connectivity index (χ2n) is 3.85. The average Bonchev–Trinajstić information content (AvgIpc) is 2.30. The summed E-state index contributed by atoms with van der Waals surface area (Å²) in [6.45, 7) is 2.09. The number of hydrogen-bond donors (Lipinski definition) is 1. The third-order valence-electron chi connectivity index (χ3n) is 2.31. The first-order chi connectivity index (χ1) is 8.24. The smallest absolute Gasteiger partial charge is 0.244 e. The van der Waals surface area contributed by atoms with Crippen LogP contribution in [0.5, 0.6) is 0 Å². The number of hydrogen-bond acceptors (Lipinski definition) is 4. The molecular weight excluding hydrogens is 236 g/mol. The molecule has 0 saturated carbocycles. The molecule has 0 saturated heterocycles. The van der Waals surface area contributed by atoms with Crippen LogP contribution in [-0.2, 0) is 6.42 Å². The first kappa shape index (κ1) is 11.8. The van der Waals surface area contributed by atoms with Gasteiger partial charge >= 0.3 is 0 Å². The highest BCUT2D eigenvalue weighted by atomic mass is 35.5. The average molecular weight is 249 g/mol. The topological polar surface area (TPSA) is 50.7 Å². The van der Waals surface area contributed by atoms with Gasteiger partial charge in [0, 0.05) is 6.04 Å². The minimum absolute atomic E-state index is 0.155. The van der Waals surface area contributed by atoms with Gasteiger partial charge in [-0.15, -0.1) is 5.10 Å². The summed E-state index contributed by atoms with van der Waals surface area (Å²) in [6.07, 6.45) is 2.48. The van der Waals surface area contributed by atoms with Crippen molar-refractivity contribution in [1.82, 2.24) is 15.2 Å². The lowest BCUT2D eigenvalue weighted by atomic mass is 10.1. The number of rotatable bonds is 4. The Morgan fingerprint density at radius 2 is 2.06 bits per heavy atom. The lowest BCUT2D eigenvalue weighted by Crippen LogP contribution is -2.19. The van der Waals surface area contributed by atoms with E-state index in [9.17, 15) is 0 Å². The van der Waals surface area contributed by atoms with Crippen LogP contribution in [0, 0.1) is 0 Å². The normalized spacial score (nSPS) is 12.1. The van der Waals surface area contributed by atoms with Gasteiger partial charge in [0.05, 0.1) is 6.20 Å². The van der Waals surface area contributed by atoms with Crippen LogP contribution in [0.3, 0.4) is 0 Å². The van der Waals surface area contributed by atoms with Gasteiger partial charge in [-0.2, -0.15) is 10.1 Å². The third kappa shape index (κ3) is 3.67. The van der Waals surface area contributed by atoms with Gasteiger partial charge < -0.3 is 5.32 Å². The highest BCUT2D eigenvalue weighted by Crippen LogP contribution is 2.09. The SMILES string of the molecule is CC(Cc1ccccc1)Nc1cnnc(Cl)n1. The predicted octanol–water partition coefficient (Wildman–Crippen LogP) is 2.57. The van der Waals surface area contributed by atoms with Crippen LogP contribution >= 0.6 is 11.6 Å². The fourth-order valence-corrected chi connectivity index (χ4v) is 1.76. The molecule has 1 N–H and O–H groups in total. The Bertz CT molecular complexity index is 475. The van der Waals surface area contributed by atoms with E-state index >= 15 is 0 Å². The fraction of sp³-hybridized carbons (Fsp3) is 0.250. The van der Waals surface area contributed by atoms with Crippen molar-refractivity contribution < 1.29 is 0 Å². The number of benzene rings is 1. The van der Waals surface area contributed by atoms with Gasteiger partial charge in [-0.1, -0.05) is 30.3 Å². The van der Waals surface area contributed by atoms with Crippen molar-refractivity contribution in [2.75, 3.05) is 5.32 Å². The molecule has 1 aromatic heterocycles.